The number of rotatable bonds is 1. The molecule has 0 aliphatic heterocycles. The van der Waals surface area contributed by atoms with Crippen LogP contribution in [0.5, 0.6) is 0 Å². The topological polar surface area (TPSA) is 0 Å². The van der Waals surface area contributed by atoms with Crippen LogP contribution in [0.15, 0.2) is 60.2 Å². The number of allylic oxidation sites excluding steroid dienone is 4. The summed E-state index contributed by atoms with van der Waals surface area (Å²) in [5.74, 6) is 0.458. The lowest BCUT2D eigenvalue weighted by molar-refractivity contribution is 0.394. The van der Waals surface area contributed by atoms with Crippen LogP contribution in [0.25, 0.3) is 45.2 Å². The average Bonchev–Trinajstić information content (AvgIpc) is 3.37. The van der Waals surface area contributed by atoms with Gasteiger partial charge in [-0.2, -0.15) is 0 Å². The summed E-state index contributed by atoms with van der Waals surface area (Å²) in [6, 6.07) is 19.5. The van der Waals surface area contributed by atoms with Crippen LogP contribution in [-0.2, 0) is 21.7 Å². The number of benzene rings is 4. The average molecular weight is 571 g/mol. The first-order chi connectivity index (χ1) is 20.9. The van der Waals surface area contributed by atoms with Crippen LogP contribution in [0.3, 0.4) is 0 Å². The van der Waals surface area contributed by atoms with Crippen molar-refractivity contribution >= 4 is 34.1 Å². The van der Waals surface area contributed by atoms with Gasteiger partial charge in [0.2, 0.25) is 0 Å². The number of hydrogen-bond donors (Lipinski definition) is 0. The Morgan fingerprint density at radius 1 is 0.591 bits per heavy atom. The van der Waals surface area contributed by atoms with Crippen molar-refractivity contribution in [2.24, 2.45) is 5.92 Å². The summed E-state index contributed by atoms with van der Waals surface area (Å²) in [6.45, 7) is 20.1. The maximum absolute atomic E-state index is 2.69. The molecule has 44 heavy (non-hydrogen) atoms. The minimum Gasteiger partial charge on any atom is -0.0763 e. The Bertz CT molecular complexity index is 2290. The fourth-order valence-electron chi connectivity index (χ4n) is 10.8. The van der Waals surface area contributed by atoms with Crippen molar-refractivity contribution in [3.05, 3.63) is 115 Å². The summed E-state index contributed by atoms with van der Waals surface area (Å²) in [5.41, 5.74) is 20.1. The summed E-state index contributed by atoms with van der Waals surface area (Å²) in [5, 5.41) is 6.03. The van der Waals surface area contributed by atoms with E-state index in [0.717, 1.165) is 19.3 Å². The Labute approximate surface area is 261 Å². The molecule has 0 radical (unpaired) electrons. The van der Waals surface area contributed by atoms with E-state index in [9.17, 15) is 0 Å². The van der Waals surface area contributed by atoms with Crippen LogP contribution in [0.1, 0.15) is 119 Å². The Hall–Kier alpha value is -3.64. The van der Waals surface area contributed by atoms with Gasteiger partial charge in [-0.15, -0.1) is 0 Å². The summed E-state index contributed by atoms with van der Waals surface area (Å²) >= 11 is 0. The standard InChI is InChI=1S/C44H42/c1-41(2)27-17-12-18-28-35(27)37-31(41)21-34-40-38-32(22-33(39(37)40)42(28,3)4)43(5,6)29-19-24(20-30(36(29)38)44(34,7)8)26-16-11-14-23-13-9-10-15-25(23)26/h11-19,21-22,30H,9-10,20H2,1-8H3. The van der Waals surface area contributed by atoms with Gasteiger partial charge in [0.1, 0.15) is 0 Å². The molecule has 0 nitrogen and oxygen atoms in total. The van der Waals surface area contributed by atoms with Crippen molar-refractivity contribution < 1.29 is 0 Å². The molecule has 4 aromatic rings. The Morgan fingerprint density at radius 3 is 2.00 bits per heavy atom. The Morgan fingerprint density at radius 2 is 1.23 bits per heavy atom. The lowest BCUT2D eigenvalue weighted by atomic mass is 9.57. The highest BCUT2D eigenvalue weighted by Crippen LogP contribution is 2.68. The molecular formula is C44H42. The zero-order chi connectivity index (χ0) is 30.3. The van der Waals surface area contributed by atoms with Gasteiger partial charge in [-0.25, -0.2) is 0 Å². The van der Waals surface area contributed by atoms with Gasteiger partial charge < -0.3 is 0 Å². The molecule has 10 rings (SSSR count). The van der Waals surface area contributed by atoms with Crippen LogP contribution >= 0.6 is 0 Å². The van der Waals surface area contributed by atoms with Crippen molar-refractivity contribution in [1.29, 1.82) is 0 Å². The monoisotopic (exact) mass is 570 g/mol. The minimum absolute atomic E-state index is 0.00817. The smallest absolute Gasteiger partial charge is 0.0159 e. The second-order valence-electron chi connectivity index (χ2n) is 16.8. The number of hydrogen-bond acceptors (Lipinski definition) is 0. The van der Waals surface area contributed by atoms with Crippen molar-refractivity contribution in [1.82, 2.24) is 0 Å². The lowest BCUT2D eigenvalue weighted by Gasteiger charge is -2.46. The lowest BCUT2D eigenvalue weighted by Crippen LogP contribution is -2.37. The van der Waals surface area contributed by atoms with Crippen LogP contribution in [0.2, 0.25) is 0 Å². The maximum atomic E-state index is 2.69. The third-order valence-electron chi connectivity index (χ3n) is 13.3. The van der Waals surface area contributed by atoms with E-state index in [-0.39, 0.29) is 21.7 Å². The molecule has 1 atom stereocenters. The summed E-state index contributed by atoms with van der Waals surface area (Å²) in [6.07, 6.45) is 11.0. The largest absolute Gasteiger partial charge is 0.0763 e. The molecule has 0 saturated heterocycles. The molecule has 0 N–H and O–H groups in total. The fraction of sp³-hybridized carbons (Fsp3) is 0.364. The molecule has 6 aliphatic rings. The zero-order valence-electron chi connectivity index (χ0n) is 27.5. The van der Waals surface area contributed by atoms with Gasteiger partial charge in [-0.3, -0.25) is 0 Å². The molecule has 6 aliphatic carbocycles. The summed E-state index contributed by atoms with van der Waals surface area (Å²) < 4.78 is 0. The molecule has 0 aromatic heterocycles. The van der Waals surface area contributed by atoms with Crippen LogP contribution in [0, 0.1) is 5.92 Å². The highest BCUT2D eigenvalue weighted by atomic mass is 14.6. The van der Waals surface area contributed by atoms with Gasteiger partial charge in [0.15, 0.2) is 0 Å². The second kappa shape index (κ2) is 7.42. The van der Waals surface area contributed by atoms with Gasteiger partial charge >= 0.3 is 0 Å². The van der Waals surface area contributed by atoms with Crippen molar-refractivity contribution in [2.75, 3.05) is 0 Å². The zero-order valence-corrected chi connectivity index (χ0v) is 27.5. The number of fused-ring (bicyclic) bond motifs is 1. The fourth-order valence-corrected chi connectivity index (χ4v) is 10.8. The van der Waals surface area contributed by atoms with Crippen molar-refractivity contribution in [3.8, 4) is 11.1 Å². The first kappa shape index (κ1) is 25.7. The van der Waals surface area contributed by atoms with Gasteiger partial charge in [-0.1, -0.05) is 122 Å². The maximum Gasteiger partial charge on any atom is 0.0159 e. The first-order valence-corrected chi connectivity index (χ1v) is 17.0. The molecule has 0 heterocycles. The molecule has 0 spiro atoms. The van der Waals surface area contributed by atoms with E-state index in [4.69, 9.17) is 0 Å². The Balaban J connectivity index is 1.36. The first-order valence-electron chi connectivity index (χ1n) is 17.0. The molecule has 1 unspecified atom stereocenters. The molecule has 0 heteroatoms. The van der Waals surface area contributed by atoms with Crippen LogP contribution < -0.4 is 10.4 Å². The molecule has 0 bridgehead atoms. The summed E-state index contributed by atoms with van der Waals surface area (Å²) in [4.78, 5) is 0. The van der Waals surface area contributed by atoms with Crippen LogP contribution in [-0.4, -0.2) is 0 Å². The van der Waals surface area contributed by atoms with E-state index in [1.165, 1.54) is 38.3 Å². The van der Waals surface area contributed by atoms with Gasteiger partial charge in [0.05, 0.1) is 0 Å². The van der Waals surface area contributed by atoms with E-state index in [1.807, 2.05) is 0 Å². The van der Waals surface area contributed by atoms with E-state index >= 15 is 0 Å². The highest BCUT2D eigenvalue weighted by molar-refractivity contribution is 6.16. The third-order valence-corrected chi connectivity index (χ3v) is 13.3. The molecular weight excluding hydrogens is 528 g/mol. The van der Waals surface area contributed by atoms with E-state index < -0.39 is 0 Å². The Kier molecular flexibility index (Phi) is 4.33. The molecule has 218 valence electrons. The normalized spacial score (nSPS) is 24.1. The van der Waals surface area contributed by atoms with Crippen molar-refractivity contribution in [2.45, 2.75) is 96.3 Å². The van der Waals surface area contributed by atoms with E-state index in [0.29, 0.717) is 5.92 Å². The molecule has 0 fully saturated rings. The predicted molar refractivity (Wildman–Crippen MR) is 187 cm³/mol. The van der Waals surface area contributed by atoms with Gasteiger partial charge in [-0.05, 0) is 124 Å². The summed E-state index contributed by atoms with van der Waals surface area (Å²) in [7, 11) is 0. The molecule has 0 amide bonds. The van der Waals surface area contributed by atoms with Crippen molar-refractivity contribution in [3.63, 3.8) is 0 Å². The SMILES string of the molecule is CC1(C)C2=C3c4c1cc1c5c6c(cc(c45)C(C)(C)C3CC(c3cccc4c3=CCCC=4)=C2)C(C)(C)c2cccc(c2-6)C1(C)C. The predicted octanol–water partition coefficient (Wildman–Crippen LogP) is 9.58. The second-order valence-corrected chi connectivity index (χ2v) is 16.8. The van der Waals surface area contributed by atoms with Crippen LogP contribution in [0.4, 0.5) is 0 Å². The van der Waals surface area contributed by atoms with E-state index in [2.05, 4.69) is 122 Å². The molecule has 0 saturated carbocycles. The third kappa shape index (κ3) is 2.61. The highest BCUT2D eigenvalue weighted by Gasteiger charge is 2.54. The van der Waals surface area contributed by atoms with E-state index in [1.54, 1.807) is 55.3 Å². The minimum atomic E-state index is -0.0553. The molecule has 4 aromatic carbocycles. The van der Waals surface area contributed by atoms with Gasteiger partial charge in [0.25, 0.3) is 0 Å². The van der Waals surface area contributed by atoms with Gasteiger partial charge in [0, 0.05) is 16.2 Å². The quantitative estimate of drug-likeness (QED) is 0.214.